The van der Waals surface area contributed by atoms with Crippen LogP contribution in [0.1, 0.15) is 34.9 Å². The predicted octanol–water partition coefficient (Wildman–Crippen LogP) is 1.17. The zero-order valence-electron chi connectivity index (χ0n) is 9.12. The number of aromatic nitrogens is 1. The minimum absolute atomic E-state index is 0.00854. The van der Waals surface area contributed by atoms with Crippen molar-refractivity contribution in [3.63, 3.8) is 0 Å². The van der Waals surface area contributed by atoms with Gasteiger partial charge in [-0.25, -0.2) is 4.98 Å². The Bertz CT molecular complexity index is 324. The third-order valence-electron chi connectivity index (χ3n) is 1.97. The quantitative estimate of drug-likeness (QED) is 0.793. The SMILES string of the molecule is CCCc1ncc(C(=O)N[C@@H](C)CN)s1. The fourth-order valence-corrected chi connectivity index (χ4v) is 2.02. The van der Waals surface area contributed by atoms with Gasteiger partial charge in [-0.2, -0.15) is 0 Å². The highest BCUT2D eigenvalue weighted by Gasteiger charge is 2.11. The lowest BCUT2D eigenvalue weighted by Gasteiger charge is -2.09. The number of hydrogen-bond donors (Lipinski definition) is 2. The highest BCUT2D eigenvalue weighted by Crippen LogP contribution is 2.14. The van der Waals surface area contributed by atoms with Gasteiger partial charge in [0.1, 0.15) is 4.88 Å². The van der Waals surface area contributed by atoms with E-state index in [1.54, 1.807) is 6.20 Å². The molecule has 1 atom stereocenters. The Morgan fingerprint density at radius 1 is 1.73 bits per heavy atom. The van der Waals surface area contributed by atoms with Crippen molar-refractivity contribution in [2.24, 2.45) is 5.73 Å². The lowest BCUT2D eigenvalue weighted by atomic mass is 10.3. The first kappa shape index (κ1) is 12.1. The fourth-order valence-electron chi connectivity index (χ4n) is 1.10. The summed E-state index contributed by atoms with van der Waals surface area (Å²) >= 11 is 1.45. The number of aryl methyl sites for hydroxylation is 1. The van der Waals surface area contributed by atoms with Crippen LogP contribution in [0.2, 0.25) is 0 Å². The molecule has 0 saturated carbocycles. The summed E-state index contributed by atoms with van der Waals surface area (Å²) in [6, 6.07) is 0.00854. The number of nitrogens with zero attached hydrogens (tertiary/aromatic N) is 1. The number of carbonyl (C=O) groups excluding carboxylic acids is 1. The van der Waals surface area contributed by atoms with E-state index in [1.165, 1.54) is 11.3 Å². The number of carbonyl (C=O) groups is 1. The van der Waals surface area contributed by atoms with Gasteiger partial charge in [-0.1, -0.05) is 6.92 Å². The summed E-state index contributed by atoms with van der Waals surface area (Å²) in [5.74, 6) is -0.0761. The number of amides is 1. The molecule has 84 valence electrons. The predicted molar refractivity (Wildman–Crippen MR) is 62.1 cm³/mol. The zero-order valence-corrected chi connectivity index (χ0v) is 9.93. The van der Waals surface area contributed by atoms with Crippen molar-refractivity contribution in [2.75, 3.05) is 6.54 Å². The van der Waals surface area contributed by atoms with Crippen LogP contribution in [0.3, 0.4) is 0 Å². The van der Waals surface area contributed by atoms with Crippen LogP contribution in [0.5, 0.6) is 0 Å². The molecular weight excluding hydrogens is 210 g/mol. The topological polar surface area (TPSA) is 68.0 Å². The largest absolute Gasteiger partial charge is 0.348 e. The summed E-state index contributed by atoms with van der Waals surface area (Å²) in [5, 5.41) is 3.82. The molecule has 0 radical (unpaired) electrons. The molecule has 1 aromatic heterocycles. The van der Waals surface area contributed by atoms with Crippen LogP contribution in [0, 0.1) is 0 Å². The second-order valence-electron chi connectivity index (χ2n) is 3.48. The minimum atomic E-state index is -0.0761. The second-order valence-corrected chi connectivity index (χ2v) is 4.59. The van der Waals surface area contributed by atoms with Gasteiger partial charge in [-0.15, -0.1) is 11.3 Å². The monoisotopic (exact) mass is 227 g/mol. The fraction of sp³-hybridized carbons (Fsp3) is 0.600. The molecule has 0 spiro atoms. The van der Waals surface area contributed by atoms with E-state index >= 15 is 0 Å². The molecule has 0 bridgehead atoms. The van der Waals surface area contributed by atoms with Crippen molar-refractivity contribution in [1.82, 2.24) is 10.3 Å². The summed E-state index contributed by atoms with van der Waals surface area (Å²) < 4.78 is 0. The Hall–Kier alpha value is -0.940. The van der Waals surface area contributed by atoms with Crippen LogP contribution in [0.25, 0.3) is 0 Å². The van der Waals surface area contributed by atoms with Gasteiger partial charge in [-0.3, -0.25) is 4.79 Å². The van der Waals surface area contributed by atoms with Crippen LogP contribution in [-0.4, -0.2) is 23.5 Å². The summed E-state index contributed by atoms with van der Waals surface area (Å²) in [4.78, 5) is 16.5. The second kappa shape index (κ2) is 5.82. The van der Waals surface area contributed by atoms with Crippen LogP contribution in [0.4, 0.5) is 0 Å². The molecule has 0 fully saturated rings. The van der Waals surface area contributed by atoms with E-state index in [2.05, 4.69) is 17.2 Å². The Kier molecular flexibility index (Phi) is 4.71. The van der Waals surface area contributed by atoms with Gasteiger partial charge in [0.25, 0.3) is 5.91 Å². The molecule has 0 unspecified atom stereocenters. The molecule has 1 rings (SSSR count). The number of hydrogen-bond acceptors (Lipinski definition) is 4. The number of thiazole rings is 1. The van der Waals surface area contributed by atoms with Gasteiger partial charge in [0.05, 0.1) is 11.2 Å². The molecule has 3 N–H and O–H groups in total. The maximum absolute atomic E-state index is 11.6. The number of nitrogens with two attached hydrogens (primary N) is 1. The highest BCUT2D eigenvalue weighted by molar-refractivity contribution is 7.13. The van der Waals surface area contributed by atoms with Gasteiger partial charge in [0.2, 0.25) is 0 Å². The van der Waals surface area contributed by atoms with Crippen molar-refractivity contribution >= 4 is 17.2 Å². The van der Waals surface area contributed by atoms with Crippen molar-refractivity contribution < 1.29 is 4.79 Å². The summed E-state index contributed by atoms with van der Waals surface area (Å²) in [6.45, 7) is 4.43. The number of rotatable bonds is 5. The third kappa shape index (κ3) is 3.60. The smallest absolute Gasteiger partial charge is 0.263 e. The van der Waals surface area contributed by atoms with E-state index in [9.17, 15) is 4.79 Å². The normalized spacial score (nSPS) is 12.5. The van der Waals surface area contributed by atoms with Crippen LogP contribution < -0.4 is 11.1 Å². The third-order valence-corrected chi connectivity index (χ3v) is 3.03. The van der Waals surface area contributed by atoms with Gasteiger partial charge in [0, 0.05) is 12.6 Å². The summed E-state index contributed by atoms with van der Waals surface area (Å²) in [6.07, 6.45) is 3.62. The molecule has 0 aliphatic heterocycles. The molecule has 0 saturated heterocycles. The highest BCUT2D eigenvalue weighted by atomic mass is 32.1. The summed E-state index contributed by atoms with van der Waals surface area (Å²) in [7, 11) is 0. The maximum atomic E-state index is 11.6. The van der Waals surface area contributed by atoms with E-state index < -0.39 is 0 Å². The van der Waals surface area contributed by atoms with Crippen LogP contribution >= 0.6 is 11.3 Å². The van der Waals surface area contributed by atoms with Gasteiger partial charge in [0.15, 0.2) is 0 Å². The van der Waals surface area contributed by atoms with Gasteiger partial charge in [-0.05, 0) is 19.8 Å². The molecular formula is C10H17N3OS. The number of nitrogens with one attached hydrogen (secondary N) is 1. The Morgan fingerprint density at radius 2 is 2.47 bits per heavy atom. The Labute approximate surface area is 93.9 Å². The van der Waals surface area contributed by atoms with Crippen LogP contribution in [-0.2, 0) is 6.42 Å². The van der Waals surface area contributed by atoms with E-state index in [-0.39, 0.29) is 11.9 Å². The molecule has 1 heterocycles. The Morgan fingerprint density at radius 3 is 3.07 bits per heavy atom. The standard InChI is InChI=1S/C10H17N3OS/c1-3-4-9-12-6-8(15-9)10(14)13-7(2)5-11/h6-7H,3-5,11H2,1-2H3,(H,13,14)/t7-/m0/s1. The first-order chi connectivity index (χ1) is 7.17. The molecule has 4 nitrogen and oxygen atoms in total. The first-order valence-electron chi connectivity index (χ1n) is 5.13. The lowest BCUT2D eigenvalue weighted by Crippen LogP contribution is -2.37. The maximum Gasteiger partial charge on any atom is 0.263 e. The first-order valence-corrected chi connectivity index (χ1v) is 5.94. The van der Waals surface area contributed by atoms with Crippen molar-refractivity contribution in [3.8, 4) is 0 Å². The van der Waals surface area contributed by atoms with E-state index in [0.29, 0.717) is 11.4 Å². The molecule has 1 aromatic rings. The Balaban J connectivity index is 2.58. The molecule has 5 heteroatoms. The lowest BCUT2D eigenvalue weighted by molar-refractivity contribution is 0.0945. The molecule has 15 heavy (non-hydrogen) atoms. The average Bonchev–Trinajstić information content (AvgIpc) is 2.67. The van der Waals surface area contributed by atoms with E-state index in [4.69, 9.17) is 5.73 Å². The van der Waals surface area contributed by atoms with Gasteiger partial charge >= 0.3 is 0 Å². The summed E-state index contributed by atoms with van der Waals surface area (Å²) in [5.41, 5.74) is 5.42. The van der Waals surface area contributed by atoms with Crippen molar-refractivity contribution in [1.29, 1.82) is 0 Å². The van der Waals surface area contributed by atoms with E-state index in [1.807, 2.05) is 6.92 Å². The van der Waals surface area contributed by atoms with Crippen LogP contribution in [0.15, 0.2) is 6.20 Å². The molecule has 0 aromatic carbocycles. The minimum Gasteiger partial charge on any atom is -0.348 e. The average molecular weight is 227 g/mol. The van der Waals surface area contributed by atoms with Crippen molar-refractivity contribution in [3.05, 3.63) is 16.1 Å². The molecule has 1 amide bonds. The van der Waals surface area contributed by atoms with E-state index in [0.717, 1.165) is 17.8 Å². The van der Waals surface area contributed by atoms with Crippen molar-refractivity contribution in [2.45, 2.75) is 32.7 Å². The van der Waals surface area contributed by atoms with Gasteiger partial charge < -0.3 is 11.1 Å². The zero-order chi connectivity index (χ0) is 11.3. The molecule has 0 aliphatic rings. The molecule has 0 aliphatic carbocycles.